The van der Waals surface area contributed by atoms with Crippen molar-refractivity contribution < 1.29 is 81.7 Å². The van der Waals surface area contributed by atoms with Gasteiger partial charge in [-0.05, 0) is 26.0 Å². The Morgan fingerprint density at radius 2 is 1.43 bits per heavy atom. The Morgan fingerprint density at radius 3 is 2.00 bits per heavy atom. The number of carbonyl (C=O) groups is 7. The zero-order chi connectivity index (χ0) is 40.3. The highest BCUT2D eigenvalue weighted by atomic mass is 16.7. The molecule has 2 aliphatic carbocycles. The number of esters is 7. The lowest BCUT2D eigenvalue weighted by atomic mass is 9.45. The molecule has 1 aromatic rings. The second kappa shape index (κ2) is 14.2. The quantitative estimate of drug-likeness (QED) is 0.295. The summed E-state index contributed by atoms with van der Waals surface area (Å²) in [5.74, 6) is -10.5. The van der Waals surface area contributed by atoms with E-state index in [-0.39, 0.29) is 11.3 Å². The van der Waals surface area contributed by atoms with E-state index in [1.165, 1.54) is 32.2 Å². The lowest BCUT2D eigenvalue weighted by Gasteiger charge is -2.67. The van der Waals surface area contributed by atoms with E-state index in [2.05, 4.69) is 4.98 Å². The van der Waals surface area contributed by atoms with Gasteiger partial charge in [0, 0.05) is 46.7 Å². The molecule has 4 bridgehead atoms. The summed E-state index contributed by atoms with van der Waals surface area (Å²) in [7, 11) is 0. The van der Waals surface area contributed by atoms with Crippen molar-refractivity contribution in [2.24, 2.45) is 17.3 Å². The molecule has 1 saturated heterocycles. The average molecular weight is 764 g/mol. The van der Waals surface area contributed by atoms with E-state index in [1.54, 1.807) is 6.92 Å². The summed E-state index contributed by atoms with van der Waals surface area (Å²) in [5, 5.41) is 25.7. The van der Waals surface area contributed by atoms with E-state index in [0.717, 1.165) is 41.5 Å². The molecule has 18 heteroatoms. The maximum Gasteiger partial charge on any atom is 0.340 e. The fraction of sp³-hybridized carbons (Fsp3) is 0.667. The van der Waals surface area contributed by atoms with Gasteiger partial charge in [-0.1, -0.05) is 13.8 Å². The summed E-state index contributed by atoms with van der Waals surface area (Å²) in [4.78, 5) is 97.0. The fourth-order valence-corrected chi connectivity index (χ4v) is 8.96. The number of hydrogen-bond acceptors (Lipinski definition) is 18. The molecule has 5 rings (SSSR count). The monoisotopic (exact) mass is 763 g/mol. The van der Waals surface area contributed by atoms with Crippen LogP contribution in [0.3, 0.4) is 0 Å². The topological polar surface area (TPSA) is 247 Å². The molecule has 296 valence electrons. The van der Waals surface area contributed by atoms with E-state index in [9.17, 15) is 43.8 Å². The van der Waals surface area contributed by atoms with Gasteiger partial charge in [-0.3, -0.25) is 33.8 Å². The molecule has 54 heavy (non-hydrogen) atoms. The minimum Gasteiger partial charge on any atom is -0.465 e. The number of nitrogens with zero attached hydrogens (tertiary/aromatic N) is 1. The standard InChI is InChI=1S/C36H45NO17/c1-15-16(2)31(44)53-29-26(49-18(4)39)30(52-21(7)42)35(14-47-17(3)38)28(51-20(6)41)25(43)23-27(50-19(5)40)36(35,34(29,9)46)54-33(23,8)13-48-32(45)22-11-10-12-37-24(15)22/h10-12,15-16,23,25-30,43,46H,13-14H2,1-9H3/t15-,16+,23-,25+,26+,27-,28-,29+,30+,33+,34+,35-,36+/m1/s1. The highest BCUT2D eigenvalue weighted by molar-refractivity contribution is 5.91. The van der Waals surface area contributed by atoms with Crippen LogP contribution in [-0.4, -0.2) is 124 Å². The third kappa shape index (κ3) is 6.17. The molecule has 0 amide bonds. The summed E-state index contributed by atoms with van der Waals surface area (Å²) in [6.07, 6.45) is -10.6. The van der Waals surface area contributed by atoms with Crippen LogP contribution in [0.1, 0.15) is 84.3 Å². The number of rotatable bonds is 6. The maximum atomic E-state index is 14.2. The molecule has 3 fully saturated rings. The van der Waals surface area contributed by atoms with Gasteiger partial charge in [0.1, 0.15) is 48.1 Å². The number of aromatic nitrogens is 1. The first-order valence-electron chi connectivity index (χ1n) is 17.3. The number of fused-ring (bicyclic) bond motifs is 5. The number of ether oxygens (including phenoxy) is 8. The van der Waals surface area contributed by atoms with Crippen molar-refractivity contribution in [1.82, 2.24) is 4.98 Å². The van der Waals surface area contributed by atoms with Crippen molar-refractivity contribution in [2.75, 3.05) is 13.2 Å². The van der Waals surface area contributed by atoms with Gasteiger partial charge in [-0.2, -0.15) is 0 Å². The molecule has 13 atom stereocenters. The minimum atomic E-state index is -2.78. The number of aliphatic hydroxyl groups excluding tert-OH is 1. The van der Waals surface area contributed by atoms with Gasteiger partial charge < -0.3 is 48.1 Å². The Hall–Kier alpha value is -4.68. The summed E-state index contributed by atoms with van der Waals surface area (Å²) in [6.45, 7) is 8.75. The van der Waals surface area contributed by atoms with Crippen molar-refractivity contribution >= 4 is 41.8 Å². The number of pyridine rings is 1. The molecule has 4 aliphatic rings. The van der Waals surface area contributed by atoms with Crippen LogP contribution in [0.2, 0.25) is 0 Å². The molecule has 18 nitrogen and oxygen atoms in total. The predicted octanol–water partition coefficient (Wildman–Crippen LogP) is 0.463. The molecule has 3 heterocycles. The molecule has 0 aromatic carbocycles. The first kappa shape index (κ1) is 40.5. The molecule has 2 saturated carbocycles. The second-order valence-corrected chi connectivity index (χ2v) is 14.7. The Labute approximate surface area is 310 Å². The highest BCUT2D eigenvalue weighted by Gasteiger charge is 2.91. The van der Waals surface area contributed by atoms with E-state index in [1.807, 2.05) is 0 Å². The van der Waals surface area contributed by atoms with Crippen LogP contribution in [-0.2, 0) is 66.7 Å². The van der Waals surface area contributed by atoms with Gasteiger partial charge in [-0.15, -0.1) is 0 Å². The van der Waals surface area contributed by atoms with Crippen molar-refractivity contribution in [1.29, 1.82) is 0 Å². The van der Waals surface area contributed by atoms with Crippen LogP contribution in [0.4, 0.5) is 0 Å². The molecule has 1 aromatic heterocycles. The zero-order valence-corrected chi connectivity index (χ0v) is 31.3. The third-order valence-electron chi connectivity index (χ3n) is 11.2. The summed E-state index contributed by atoms with van der Waals surface area (Å²) < 4.78 is 47.7. The average Bonchev–Trinajstić information content (AvgIpc) is 3.30. The van der Waals surface area contributed by atoms with Gasteiger partial charge in [0.05, 0.1) is 23.1 Å². The van der Waals surface area contributed by atoms with E-state index >= 15 is 0 Å². The van der Waals surface area contributed by atoms with Crippen molar-refractivity contribution in [3.63, 3.8) is 0 Å². The number of hydrogen-bond donors (Lipinski definition) is 2. The zero-order valence-electron chi connectivity index (χ0n) is 31.3. The Kier molecular flexibility index (Phi) is 10.6. The van der Waals surface area contributed by atoms with Crippen molar-refractivity contribution in [3.05, 3.63) is 29.6 Å². The number of aliphatic hydroxyl groups is 2. The molecular formula is C36H45NO17. The molecule has 0 unspecified atom stereocenters. The van der Waals surface area contributed by atoms with Crippen LogP contribution in [0, 0.1) is 17.3 Å². The molecule has 2 N–H and O–H groups in total. The molecule has 1 spiro atoms. The SMILES string of the molecule is CC(=O)OC[C@]12[C@H](OC(C)=O)[C@@H](O)[C@@H]3[C@@H](OC(C)=O)[C@@]14O[C@@]3(C)COC(=O)c1cccnc1[C@H](C)[C@H](C)C(=O)O[C@@H]([C@H](OC(C)=O)[C@@H]2OC(C)=O)[C@]4(C)O. The summed E-state index contributed by atoms with van der Waals surface area (Å²) in [6, 6.07) is 2.91. The van der Waals surface area contributed by atoms with Crippen LogP contribution in [0.25, 0.3) is 0 Å². The van der Waals surface area contributed by atoms with Gasteiger partial charge in [0.2, 0.25) is 0 Å². The second-order valence-electron chi connectivity index (χ2n) is 14.7. The summed E-state index contributed by atoms with van der Waals surface area (Å²) >= 11 is 0. The van der Waals surface area contributed by atoms with E-state index < -0.39 is 132 Å². The van der Waals surface area contributed by atoms with Crippen molar-refractivity contribution in [3.8, 4) is 0 Å². The number of carbonyl (C=O) groups excluding carboxylic acids is 7. The van der Waals surface area contributed by atoms with E-state index in [4.69, 9.17) is 37.9 Å². The maximum absolute atomic E-state index is 14.2. The Morgan fingerprint density at radius 1 is 0.852 bits per heavy atom. The fourth-order valence-electron chi connectivity index (χ4n) is 8.96. The van der Waals surface area contributed by atoms with Crippen LogP contribution >= 0.6 is 0 Å². The van der Waals surface area contributed by atoms with Crippen LogP contribution in [0.5, 0.6) is 0 Å². The molecule has 2 aliphatic heterocycles. The predicted molar refractivity (Wildman–Crippen MR) is 176 cm³/mol. The Balaban J connectivity index is 1.96. The highest BCUT2D eigenvalue weighted by Crippen LogP contribution is 2.69. The lowest BCUT2D eigenvalue weighted by Crippen LogP contribution is -2.89. The van der Waals surface area contributed by atoms with Gasteiger partial charge >= 0.3 is 41.8 Å². The molecular weight excluding hydrogens is 718 g/mol. The van der Waals surface area contributed by atoms with E-state index in [0.29, 0.717) is 0 Å². The first-order valence-corrected chi connectivity index (χ1v) is 17.3. The van der Waals surface area contributed by atoms with Crippen LogP contribution in [0.15, 0.2) is 18.3 Å². The largest absolute Gasteiger partial charge is 0.465 e. The molecule has 0 radical (unpaired) electrons. The van der Waals surface area contributed by atoms with Gasteiger partial charge in [-0.25, -0.2) is 4.79 Å². The minimum absolute atomic E-state index is 0.0246. The van der Waals surface area contributed by atoms with Gasteiger partial charge in [0.25, 0.3) is 0 Å². The normalized spacial score (nSPS) is 39.8. The van der Waals surface area contributed by atoms with Crippen LogP contribution < -0.4 is 0 Å². The lowest BCUT2D eigenvalue weighted by molar-refractivity contribution is -0.386. The van der Waals surface area contributed by atoms with Gasteiger partial charge in [0.15, 0.2) is 23.9 Å². The smallest absolute Gasteiger partial charge is 0.340 e. The first-order chi connectivity index (χ1) is 25.1. The third-order valence-corrected chi connectivity index (χ3v) is 11.2. The van der Waals surface area contributed by atoms with Crippen molar-refractivity contribution in [2.45, 2.75) is 122 Å². The Bertz CT molecular complexity index is 1740. The summed E-state index contributed by atoms with van der Waals surface area (Å²) in [5.41, 5.74) is -9.90. The number of cyclic esters (lactones) is 1.